The molecule has 0 aliphatic carbocycles. The zero-order chi connectivity index (χ0) is 11.4. The van der Waals surface area contributed by atoms with Crippen LogP contribution < -0.4 is 5.32 Å². The molecule has 84 valence electrons. The number of rotatable bonds is 4. The molecule has 2 nitrogen and oxygen atoms in total. The lowest BCUT2D eigenvalue weighted by molar-refractivity contribution is 0.243. The zero-order valence-electron chi connectivity index (χ0n) is 8.80. The maximum absolute atomic E-state index is 13.0. The highest BCUT2D eigenvalue weighted by molar-refractivity contribution is 9.10. The minimum absolute atomic E-state index is 0.0313. The molecule has 0 aliphatic rings. The summed E-state index contributed by atoms with van der Waals surface area (Å²) in [6, 6.07) is 5.04. The second kappa shape index (κ2) is 5.58. The molecule has 0 aliphatic heterocycles. The van der Waals surface area contributed by atoms with Gasteiger partial charge in [-0.1, -0.05) is 6.07 Å². The molecule has 0 radical (unpaired) electrons. The van der Waals surface area contributed by atoms with E-state index in [1.54, 1.807) is 12.1 Å². The van der Waals surface area contributed by atoms with Crippen molar-refractivity contribution in [2.75, 3.05) is 6.61 Å². The lowest BCUT2D eigenvalue weighted by atomic mass is 10.1. The van der Waals surface area contributed by atoms with Crippen LogP contribution in [0.4, 0.5) is 4.39 Å². The number of hydrogen-bond acceptors (Lipinski definition) is 2. The van der Waals surface area contributed by atoms with Crippen molar-refractivity contribution < 1.29 is 9.50 Å². The van der Waals surface area contributed by atoms with Gasteiger partial charge in [-0.05, 0) is 47.5 Å². The lowest BCUT2D eigenvalue weighted by Gasteiger charge is -2.18. The third kappa shape index (κ3) is 3.55. The van der Waals surface area contributed by atoms with Crippen LogP contribution in [0.3, 0.4) is 0 Å². The molecule has 1 aromatic rings. The minimum Gasteiger partial charge on any atom is -0.395 e. The molecular weight excluding hydrogens is 261 g/mol. The summed E-state index contributed by atoms with van der Waals surface area (Å²) >= 11 is 3.15. The van der Waals surface area contributed by atoms with Gasteiger partial charge in [-0.2, -0.15) is 0 Å². The molecule has 0 bridgehead atoms. The van der Waals surface area contributed by atoms with Gasteiger partial charge in [0.1, 0.15) is 5.82 Å². The summed E-state index contributed by atoms with van der Waals surface area (Å²) in [5.41, 5.74) is 0.989. The number of aliphatic hydroxyl groups is 1. The molecular formula is C11H15BrFNO. The Morgan fingerprint density at radius 1 is 1.47 bits per heavy atom. The topological polar surface area (TPSA) is 32.3 Å². The van der Waals surface area contributed by atoms with Crippen LogP contribution in [-0.2, 0) is 0 Å². The molecule has 0 aromatic heterocycles. The summed E-state index contributed by atoms with van der Waals surface area (Å²) in [4.78, 5) is 0. The monoisotopic (exact) mass is 275 g/mol. The highest BCUT2D eigenvalue weighted by atomic mass is 79.9. The fourth-order valence-electron chi connectivity index (χ4n) is 1.36. The van der Waals surface area contributed by atoms with Crippen molar-refractivity contribution in [1.82, 2.24) is 5.32 Å². The highest BCUT2D eigenvalue weighted by Gasteiger charge is 2.10. The van der Waals surface area contributed by atoms with Crippen molar-refractivity contribution in [2.45, 2.75) is 25.9 Å². The smallest absolute Gasteiger partial charge is 0.137 e. The zero-order valence-corrected chi connectivity index (χ0v) is 10.4. The van der Waals surface area contributed by atoms with E-state index >= 15 is 0 Å². The number of nitrogens with one attached hydrogen (secondary N) is 1. The van der Waals surface area contributed by atoms with E-state index < -0.39 is 0 Å². The fourth-order valence-corrected chi connectivity index (χ4v) is 1.75. The number of aliphatic hydroxyl groups excluding tert-OH is 1. The molecule has 0 saturated heterocycles. The van der Waals surface area contributed by atoms with E-state index in [0.717, 1.165) is 5.56 Å². The second-order valence-electron chi connectivity index (χ2n) is 3.65. The Bertz CT molecular complexity index is 332. The Morgan fingerprint density at radius 2 is 2.13 bits per heavy atom. The molecule has 0 fully saturated rings. The number of halogens is 2. The third-order valence-electron chi connectivity index (χ3n) is 2.25. The predicted octanol–water partition coefficient (Wildman–Crippen LogP) is 2.62. The van der Waals surface area contributed by atoms with Gasteiger partial charge >= 0.3 is 0 Å². The van der Waals surface area contributed by atoms with Crippen LogP contribution in [0, 0.1) is 5.82 Å². The van der Waals surface area contributed by atoms with Crippen molar-refractivity contribution >= 4 is 15.9 Å². The summed E-state index contributed by atoms with van der Waals surface area (Å²) in [6.45, 7) is 3.97. The molecule has 4 heteroatoms. The van der Waals surface area contributed by atoms with Crippen LogP contribution in [0.5, 0.6) is 0 Å². The maximum atomic E-state index is 13.0. The second-order valence-corrected chi connectivity index (χ2v) is 4.50. The average molecular weight is 276 g/mol. The quantitative estimate of drug-likeness (QED) is 0.886. The largest absolute Gasteiger partial charge is 0.395 e. The SMILES string of the molecule is CC(CO)NC(C)c1ccc(F)c(Br)c1. The third-order valence-corrected chi connectivity index (χ3v) is 2.86. The van der Waals surface area contributed by atoms with E-state index in [1.807, 2.05) is 13.8 Å². The molecule has 2 atom stereocenters. The molecule has 0 heterocycles. The molecule has 15 heavy (non-hydrogen) atoms. The van der Waals surface area contributed by atoms with Crippen LogP contribution in [-0.4, -0.2) is 17.8 Å². The molecule has 0 amide bonds. The van der Waals surface area contributed by atoms with Gasteiger partial charge in [-0.3, -0.25) is 0 Å². The van der Waals surface area contributed by atoms with Gasteiger partial charge in [0.05, 0.1) is 11.1 Å². The van der Waals surface area contributed by atoms with Gasteiger partial charge in [0.2, 0.25) is 0 Å². The molecule has 1 aromatic carbocycles. The fraction of sp³-hybridized carbons (Fsp3) is 0.455. The Labute approximate surface area is 97.6 Å². The molecule has 2 unspecified atom stereocenters. The molecule has 0 spiro atoms. The van der Waals surface area contributed by atoms with Crippen molar-refractivity contribution in [3.63, 3.8) is 0 Å². The maximum Gasteiger partial charge on any atom is 0.137 e. The minimum atomic E-state index is -0.263. The van der Waals surface area contributed by atoms with Gasteiger partial charge < -0.3 is 10.4 Å². The van der Waals surface area contributed by atoms with E-state index in [-0.39, 0.29) is 24.5 Å². The van der Waals surface area contributed by atoms with Crippen LogP contribution in [0.2, 0.25) is 0 Å². The van der Waals surface area contributed by atoms with Gasteiger partial charge in [-0.15, -0.1) is 0 Å². The Kier molecular flexibility index (Phi) is 4.70. The first-order valence-electron chi connectivity index (χ1n) is 4.86. The molecule has 2 N–H and O–H groups in total. The Balaban J connectivity index is 2.73. The van der Waals surface area contributed by atoms with E-state index in [1.165, 1.54) is 6.07 Å². The summed E-state index contributed by atoms with van der Waals surface area (Å²) < 4.78 is 13.4. The van der Waals surface area contributed by atoms with Gasteiger partial charge in [-0.25, -0.2) is 4.39 Å². The van der Waals surface area contributed by atoms with Crippen molar-refractivity contribution in [3.05, 3.63) is 34.1 Å². The first-order chi connectivity index (χ1) is 7.04. The van der Waals surface area contributed by atoms with E-state index in [2.05, 4.69) is 21.2 Å². The number of benzene rings is 1. The first kappa shape index (κ1) is 12.6. The van der Waals surface area contributed by atoms with Crippen molar-refractivity contribution in [1.29, 1.82) is 0 Å². The van der Waals surface area contributed by atoms with Crippen molar-refractivity contribution in [3.8, 4) is 0 Å². The van der Waals surface area contributed by atoms with Gasteiger partial charge in [0.15, 0.2) is 0 Å². The van der Waals surface area contributed by atoms with Crippen LogP contribution in [0.15, 0.2) is 22.7 Å². The lowest BCUT2D eigenvalue weighted by Crippen LogP contribution is -2.31. The summed E-state index contributed by atoms with van der Waals surface area (Å²) in [6.07, 6.45) is 0. The van der Waals surface area contributed by atoms with E-state index in [9.17, 15) is 4.39 Å². The molecule has 0 saturated carbocycles. The van der Waals surface area contributed by atoms with Gasteiger partial charge in [0, 0.05) is 12.1 Å². The summed E-state index contributed by atoms with van der Waals surface area (Å²) in [5.74, 6) is -0.263. The van der Waals surface area contributed by atoms with E-state index in [0.29, 0.717) is 4.47 Å². The van der Waals surface area contributed by atoms with Crippen LogP contribution in [0.1, 0.15) is 25.5 Å². The normalized spacial score (nSPS) is 15.0. The highest BCUT2D eigenvalue weighted by Crippen LogP contribution is 2.21. The van der Waals surface area contributed by atoms with E-state index in [4.69, 9.17) is 5.11 Å². The first-order valence-corrected chi connectivity index (χ1v) is 5.65. The summed E-state index contributed by atoms with van der Waals surface area (Å²) in [5, 5.41) is 12.1. The molecule has 1 rings (SSSR count). The Morgan fingerprint density at radius 3 is 2.67 bits per heavy atom. The summed E-state index contributed by atoms with van der Waals surface area (Å²) in [7, 11) is 0. The average Bonchev–Trinajstić information content (AvgIpc) is 2.21. The van der Waals surface area contributed by atoms with Crippen LogP contribution in [0.25, 0.3) is 0 Å². The van der Waals surface area contributed by atoms with Crippen LogP contribution >= 0.6 is 15.9 Å². The Hall–Kier alpha value is -0.450. The standard InChI is InChI=1S/C11H15BrFNO/c1-7(6-15)14-8(2)9-3-4-11(13)10(12)5-9/h3-5,7-8,14-15H,6H2,1-2H3. The predicted molar refractivity (Wildman–Crippen MR) is 62.2 cm³/mol. The number of hydrogen-bond donors (Lipinski definition) is 2. The van der Waals surface area contributed by atoms with Gasteiger partial charge in [0.25, 0.3) is 0 Å². The van der Waals surface area contributed by atoms with Crippen molar-refractivity contribution in [2.24, 2.45) is 0 Å².